The Hall–Kier alpha value is -2.31. The van der Waals surface area contributed by atoms with Crippen molar-refractivity contribution in [2.24, 2.45) is 0 Å². The van der Waals surface area contributed by atoms with Crippen LogP contribution in [0.2, 0.25) is 0 Å². The number of nitrogens with zero attached hydrogens (tertiary/aromatic N) is 1. The zero-order valence-electron chi connectivity index (χ0n) is 12.5. The Morgan fingerprint density at radius 3 is 2.73 bits per heavy atom. The van der Waals surface area contributed by atoms with Crippen LogP contribution in [-0.4, -0.2) is 48.7 Å². The normalized spacial score (nSPS) is 17.5. The van der Waals surface area contributed by atoms with Gasteiger partial charge in [-0.2, -0.15) is 0 Å². The Bertz CT molecular complexity index is 533. The molecule has 0 bridgehead atoms. The molecule has 1 heterocycles. The molecule has 2 amide bonds. The van der Waals surface area contributed by atoms with Gasteiger partial charge in [0, 0.05) is 6.04 Å². The van der Waals surface area contributed by atoms with Crippen molar-refractivity contribution in [3.63, 3.8) is 0 Å². The lowest BCUT2D eigenvalue weighted by molar-refractivity contribution is -0.123. The lowest BCUT2D eigenvalue weighted by atomic mass is 10.3. The molecule has 1 aliphatic rings. The van der Waals surface area contributed by atoms with Crippen molar-refractivity contribution in [1.29, 1.82) is 0 Å². The summed E-state index contributed by atoms with van der Waals surface area (Å²) in [5, 5.41) is 2.64. The van der Waals surface area contributed by atoms with Gasteiger partial charge in [0.15, 0.2) is 6.61 Å². The van der Waals surface area contributed by atoms with Crippen LogP contribution in [0.5, 0.6) is 5.75 Å². The van der Waals surface area contributed by atoms with Gasteiger partial charge in [0.25, 0.3) is 5.91 Å². The van der Waals surface area contributed by atoms with Crippen molar-refractivity contribution in [2.75, 3.05) is 19.7 Å². The third-order valence-corrected chi connectivity index (χ3v) is 3.24. The minimum Gasteiger partial charge on any atom is -0.484 e. The van der Waals surface area contributed by atoms with E-state index in [4.69, 9.17) is 9.47 Å². The maximum absolute atomic E-state index is 12.7. The number of carbonyl (C=O) groups is 2. The average molecular weight is 310 g/mol. The van der Waals surface area contributed by atoms with E-state index in [1.165, 1.54) is 24.3 Å². The monoisotopic (exact) mass is 310 g/mol. The summed E-state index contributed by atoms with van der Waals surface area (Å²) in [7, 11) is 0. The molecule has 1 unspecified atom stereocenters. The number of carbonyl (C=O) groups excluding carboxylic acids is 2. The minimum atomic E-state index is -0.366. The Kier molecular flexibility index (Phi) is 5.19. The number of nitrogens with one attached hydrogen (secondary N) is 1. The molecule has 1 aromatic carbocycles. The van der Waals surface area contributed by atoms with Crippen LogP contribution in [-0.2, 0) is 9.53 Å². The summed E-state index contributed by atoms with van der Waals surface area (Å²) in [4.78, 5) is 24.8. The minimum absolute atomic E-state index is 0.0648. The molecule has 22 heavy (non-hydrogen) atoms. The van der Waals surface area contributed by atoms with Crippen LogP contribution in [0.25, 0.3) is 0 Å². The lowest BCUT2D eigenvalue weighted by Gasteiger charge is -2.16. The number of rotatable bonds is 6. The number of hydrogen-bond acceptors (Lipinski definition) is 4. The molecule has 1 aromatic rings. The van der Waals surface area contributed by atoms with Crippen LogP contribution in [0.15, 0.2) is 24.3 Å². The van der Waals surface area contributed by atoms with E-state index in [1.807, 2.05) is 13.8 Å². The molecule has 120 valence electrons. The number of amides is 2. The van der Waals surface area contributed by atoms with Gasteiger partial charge in [-0.05, 0) is 38.1 Å². The molecule has 0 aliphatic carbocycles. The van der Waals surface area contributed by atoms with Gasteiger partial charge in [-0.3, -0.25) is 4.79 Å². The fourth-order valence-electron chi connectivity index (χ4n) is 2.03. The zero-order valence-corrected chi connectivity index (χ0v) is 12.5. The average Bonchev–Trinajstić information content (AvgIpc) is 2.86. The van der Waals surface area contributed by atoms with Gasteiger partial charge in [0.1, 0.15) is 17.7 Å². The van der Waals surface area contributed by atoms with Crippen molar-refractivity contribution in [3.8, 4) is 5.75 Å². The van der Waals surface area contributed by atoms with Crippen LogP contribution < -0.4 is 10.1 Å². The first kappa shape index (κ1) is 16.1. The molecular weight excluding hydrogens is 291 g/mol. The van der Waals surface area contributed by atoms with Crippen LogP contribution in [0.3, 0.4) is 0 Å². The summed E-state index contributed by atoms with van der Waals surface area (Å²) >= 11 is 0. The maximum Gasteiger partial charge on any atom is 0.410 e. The third kappa shape index (κ3) is 4.34. The Morgan fingerprint density at radius 1 is 1.45 bits per heavy atom. The summed E-state index contributed by atoms with van der Waals surface area (Å²) in [6, 6.07) is 5.47. The van der Waals surface area contributed by atoms with Crippen molar-refractivity contribution < 1.29 is 23.5 Å². The second kappa shape index (κ2) is 7.11. The van der Waals surface area contributed by atoms with E-state index in [9.17, 15) is 14.0 Å². The molecule has 1 aliphatic heterocycles. The first-order valence-electron chi connectivity index (χ1n) is 7.08. The highest BCUT2D eigenvalue weighted by Crippen LogP contribution is 2.14. The number of benzene rings is 1. The quantitative estimate of drug-likeness (QED) is 0.865. The van der Waals surface area contributed by atoms with E-state index in [0.29, 0.717) is 12.3 Å². The number of halogens is 1. The highest BCUT2D eigenvalue weighted by Gasteiger charge is 2.32. The lowest BCUT2D eigenvalue weighted by Crippen LogP contribution is -2.38. The first-order chi connectivity index (χ1) is 10.5. The van der Waals surface area contributed by atoms with E-state index in [0.717, 1.165) is 0 Å². The largest absolute Gasteiger partial charge is 0.484 e. The SMILES string of the molecule is CC(C)N1CC(CNC(=O)COc2ccc(F)cc2)OC1=O. The van der Waals surface area contributed by atoms with Gasteiger partial charge in [0.2, 0.25) is 0 Å². The van der Waals surface area contributed by atoms with E-state index >= 15 is 0 Å². The van der Waals surface area contributed by atoms with Crippen molar-refractivity contribution in [3.05, 3.63) is 30.1 Å². The predicted molar refractivity (Wildman–Crippen MR) is 77.0 cm³/mol. The summed E-state index contributed by atoms with van der Waals surface area (Å²) < 4.78 is 23.1. The molecule has 6 nitrogen and oxygen atoms in total. The highest BCUT2D eigenvalue weighted by molar-refractivity contribution is 5.77. The van der Waals surface area contributed by atoms with Gasteiger partial charge in [-0.25, -0.2) is 9.18 Å². The summed E-state index contributed by atoms with van der Waals surface area (Å²) in [6.45, 7) is 4.31. The zero-order chi connectivity index (χ0) is 16.1. The van der Waals surface area contributed by atoms with Crippen molar-refractivity contribution in [1.82, 2.24) is 10.2 Å². The van der Waals surface area contributed by atoms with E-state index < -0.39 is 0 Å². The van der Waals surface area contributed by atoms with Crippen LogP contribution in [0, 0.1) is 5.82 Å². The van der Waals surface area contributed by atoms with Gasteiger partial charge in [0.05, 0.1) is 13.1 Å². The topological polar surface area (TPSA) is 67.9 Å². The molecule has 1 saturated heterocycles. The van der Waals surface area contributed by atoms with Gasteiger partial charge in [-0.1, -0.05) is 0 Å². The molecule has 0 radical (unpaired) electrons. The standard InChI is InChI=1S/C15H19FN2O4/c1-10(2)18-8-13(22-15(18)20)7-17-14(19)9-21-12-5-3-11(16)4-6-12/h3-6,10,13H,7-9H2,1-2H3,(H,17,19). The van der Waals surface area contributed by atoms with Crippen LogP contribution >= 0.6 is 0 Å². The molecule has 2 rings (SSSR count). The number of hydrogen-bond donors (Lipinski definition) is 1. The van der Waals surface area contributed by atoms with Gasteiger partial charge in [-0.15, -0.1) is 0 Å². The second-order valence-electron chi connectivity index (χ2n) is 5.30. The van der Waals surface area contributed by atoms with E-state index in [-0.39, 0.29) is 43.1 Å². The Labute approximate surface area is 128 Å². The molecule has 0 aromatic heterocycles. The fourth-order valence-corrected chi connectivity index (χ4v) is 2.03. The second-order valence-corrected chi connectivity index (χ2v) is 5.30. The van der Waals surface area contributed by atoms with Crippen LogP contribution in [0.1, 0.15) is 13.8 Å². The number of ether oxygens (including phenoxy) is 2. The fraction of sp³-hybridized carbons (Fsp3) is 0.467. The van der Waals surface area contributed by atoms with E-state index in [2.05, 4.69) is 5.32 Å². The molecule has 1 N–H and O–H groups in total. The Morgan fingerprint density at radius 2 is 2.14 bits per heavy atom. The van der Waals surface area contributed by atoms with Crippen LogP contribution in [0.4, 0.5) is 9.18 Å². The molecule has 1 fully saturated rings. The Balaban J connectivity index is 1.70. The van der Waals surface area contributed by atoms with Gasteiger partial charge < -0.3 is 19.7 Å². The van der Waals surface area contributed by atoms with E-state index in [1.54, 1.807) is 4.90 Å². The molecule has 0 saturated carbocycles. The molecule has 0 spiro atoms. The first-order valence-corrected chi connectivity index (χ1v) is 7.08. The van der Waals surface area contributed by atoms with Crippen molar-refractivity contribution in [2.45, 2.75) is 26.0 Å². The smallest absolute Gasteiger partial charge is 0.410 e. The molecular formula is C15H19FN2O4. The molecule has 1 atom stereocenters. The van der Waals surface area contributed by atoms with Gasteiger partial charge >= 0.3 is 6.09 Å². The maximum atomic E-state index is 12.7. The molecule has 7 heteroatoms. The predicted octanol–water partition coefficient (Wildman–Crippen LogP) is 1.55. The number of cyclic esters (lactones) is 1. The summed E-state index contributed by atoms with van der Waals surface area (Å²) in [5.41, 5.74) is 0. The van der Waals surface area contributed by atoms with Crippen molar-refractivity contribution >= 4 is 12.0 Å². The summed E-state index contributed by atoms with van der Waals surface area (Å²) in [6.07, 6.45) is -0.721. The third-order valence-electron chi connectivity index (χ3n) is 3.24. The summed E-state index contributed by atoms with van der Waals surface area (Å²) in [5.74, 6) is -0.284. The highest BCUT2D eigenvalue weighted by atomic mass is 19.1.